The van der Waals surface area contributed by atoms with Crippen molar-refractivity contribution >= 4 is 11.7 Å². The standard InChI is InChI=1S/C30H45NO3/c1-17-12-27-28(31(16-17)20(4)32)19(3)30(34-27)11-9-23-24-7-6-21-13-22(33)8-10-29(21,5)26(24)14-25(23)18(2)15-30/h17,19,21,23-24,26-28H,6-16H2,1-5H3. The Hall–Kier alpha value is -1.16. The molecule has 4 nitrogen and oxygen atoms in total. The number of piperidine rings is 1. The van der Waals surface area contributed by atoms with E-state index in [1.165, 1.54) is 25.7 Å². The number of carbonyl (C=O) groups excluding carboxylic acids is 2. The molecule has 4 aliphatic carbocycles. The average Bonchev–Trinajstić information content (AvgIpc) is 3.24. The van der Waals surface area contributed by atoms with Gasteiger partial charge in [0.1, 0.15) is 5.78 Å². The van der Waals surface area contributed by atoms with E-state index >= 15 is 0 Å². The lowest BCUT2D eigenvalue weighted by molar-refractivity contribution is -0.137. The number of likely N-dealkylation sites (tertiary alicyclic amines) is 1. The van der Waals surface area contributed by atoms with E-state index in [1.54, 1.807) is 18.1 Å². The zero-order valence-electron chi connectivity index (χ0n) is 22.1. The third-order valence-electron chi connectivity index (χ3n) is 12.0. The van der Waals surface area contributed by atoms with Crippen molar-refractivity contribution in [2.45, 2.75) is 117 Å². The van der Waals surface area contributed by atoms with Gasteiger partial charge in [0, 0.05) is 32.2 Å². The molecule has 2 aliphatic heterocycles. The van der Waals surface area contributed by atoms with Crippen LogP contribution < -0.4 is 0 Å². The van der Waals surface area contributed by atoms with E-state index in [1.807, 2.05) is 0 Å². The molecule has 0 N–H and O–H groups in total. The fourth-order valence-corrected chi connectivity index (χ4v) is 10.2. The van der Waals surface area contributed by atoms with Crippen LogP contribution in [0.5, 0.6) is 0 Å². The Labute approximate surface area is 206 Å². The number of rotatable bonds is 0. The number of ether oxygens (including phenoxy) is 1. The third-order valence-corrected chi connectivity index (χ3v) is 12.0. The number of hydrogen-bond donors (Lipinski definition) is 0. The van der Waals surface area contributed by atoms with E-state index in [9.17, 15) is 9.59 Å². The first-order valence-corrected chi connectivity index (χ1v) is 14.3. The number of allylic oxidation sites excluding steroid dienone is 1. The number of carbonyl (C=O) groups is 2. The molecule has 34 heavy (non-hydrogen) atoms. The molecule has 0 bridgehead atoms. The first-order chi connectivity index (χ1) is 16.1. The summed E-state index contributed by atoms with van der Waals surface area (Å²) in [5, 5.41) is 0. The van der Waals surface area contributed by atoms with E-state index in [0.717, 1.165) is 56.9 Å². The SMILES string of the molecule is CC(=O)N1CC(C)CC2OC3(CCC4C(=C(C)C3)CC3C4CCC4CC(=O)CCC43C)C(C)C21. The fourth-order valence-electron chi connectivity index (χ4n) is 10.2. The Kier molecular flexibility index (Phi) is 5.42. The number of ketones is 1. The molecule has 0 aromatic carbocycles. The van der Waals surface area contributed by atoms with Crippen LogP contribution >= 0.6 is 0 Å². The topological polar surface area (TPSA) is 46.6 Å². The quantitative estimate of drug-likeness (QED) is 0.414. The highest BCUT2D eigenvalue weighted by Crippen LogP contribution is 2.65. The maximum absolute atomic E-state index is 12.6. The predicted octanol–water partition coefficient (Wildman–Crippen LogP) is 5.94. The molecule has 2 saturated heterocycles. The largest absolute Gasteiger partial charge is 0.369 e. The van der Waals surface area contributed by atoms with Crippen LogP contribution in [0.1, 0.15) is 98.8 Å². The minimum absolute atomic E-state index is 0.109. The van der Waals surface area contributed by atoms with E-state index in [4.69, 9.17) is 4.74 Å². The molecule has 0 radical (unpaired) electrons. The molecule has 188 valence electrons. The summed E-state index contributed by atoms with van der Waals surface area (Å²) in [7, 11) is 0. The van der Waals surface area contributed by atoms with Crippen molar-refractivity contribution in [3.63, 3.8) is 0 Å². The molecular weight excluding hydrogens is 422 g/mol. The summed E-state index contributed by atoms with van der Waals surface area (Å²) < 4.78 is 7.06. The minimum atomic E-state index is -0.109. The minimum Gasteiger partial charge on any atom is -0.369 e. The smallest absolute Gasteiger partial charge is 0.219 e. The van der Waals surface area contributed by atoms with Gasteiger partial charge in [-0.25, -0.2) is 0 Å². The van der Waals surface area contributed by atoms with Gasteiger partial charge < -0.3 is 9.64 Å². The van der Waals surface area contributed by atoms with Crippen LogP contribution in [0.15, 0.2) is 11.1 Å². The Morgan fingerprint density at radius 3 is 2.68 bits per heavy atom. The molecule has 4 heteroatoms. The van der Waals surface area contributed by atoms with E-state index in [-0.39, 0.29) is 23.7 Å². The van der Waals surface area contributed by atoms with Gasteiger partial charge in [-0.3, -0.25) is 9.59 Å². The second-order valence-electron chi connectivity index (χ2n) is 13.6. The van der Waals surface area contributed by atoms with E-state index < -0.39 is 0 Å². The Bertz CT molecular complexity index is 924. The summed E-state index contributed by atoms with van der Waals surface area (Å²) in [6.45, 7) is 12.2. The first kappa shape index (κ1) is 23.3. The van der Waals surface area contributed by atoms with E-state index in [0.29, 0.717) is 34.9 Å². The maximum Gasteiger partial charge on any atom is 0.219 e. The number of fused-ring (bicyclic) bond motifs is 6. The number of Topliss-reactive ketones (excluding diaryl/α,β-unsaturated/α-hetero) is 1. The van der Waals surface area contributed by atoms with Crippen LogP contribution in [0.4, 0.5) is 0 Å². The summed E-state index contributed by atoms with van der Waals surface area (Å²) in [6, 6.07) is 0.242. The van der Waals surface area contributed by atoms with Crippen molar-refractivity contribution in [1.82, 2.24) is 4.90 Å². The Morgan fingerprint density at radius 2 is 1.91 bits per heavy atom. The van der Waals surface area contributed by atoms with E-state index in [2.05, 4.69) is 32.6 Å². The molecule has 10 unspecified atom stereocenters. The van der Waals surface area contributed by atoms with Crippen molar-refractivity contribution in [2.24, 2.45) is 40.9 Å². The molecule has 0 aromatic rings. The Morgan fingerprint density at radius 1 is 1.12 bits per heavy atom. The van der Waals surface area contributed by atoms with Crippen LogP contribution in [0.2, 0.25) is 0 Å². The first-order valence-electron chi connectivity index (χ1n) is 14.3. The van der Waals surface area contributed by atoms with Gasteiger partial charge in [0.25, 0.3) is 0 Å². The van der Waals surface area contributed by atoms with Crippen molar-refractivity contribution in [3.05, 3.63) is 11.1 Å². The van der Waals surface area contributed by atoms with Gasteiger partial charge in [0.05, 0.1) is 17.7 Å². The lowest BCUT2D eigenvalue weighted by Gasteiger charge is -2.52. The van der Waals surface area contributed by atoms with Gasteiger partial charge in [-0.15, -0.1) is 0 Å². The summed E-state index contributed by atoms with van der Waals surface area (Å²) in [4.78, 5) is 26.9. The van der Waals surface area contributed by atoms with Gasteiger partial charge in [-0.1, -0.05) is 31.9 Å². The fraction of sp³-hybridized carbons (Fsp3) is 0.867. The van der Waals surface area contributed by atoms with Gasteiger partial charge in [0.2, 0.25) is 5.91 Å². The third kappa shape index (κ3) is 3.26. The van der Waals surface area contributed by atoms with Crippen LogP contribution in [0.25, 0.3) is 0 Å². The lowest BCUT2D eigenvalue weighted by atomic mass is 9.52. The highest BCUT2D eigenvalue weighted by Gasteiger charge is 2.60. The maximum atomic E-state index is 12.6. The molecule has 0 aromatic heterocycles. The summed E-state index contributed by atoms with van der Waals surface area (Å²) in [6.07, 6.45) is 11.3. The van der Waals surface area contributed by atoms with Gasteiger partial charge >= 0.3 is 0 Å². The molecule has 6 aliphatic rings. The Balaban J connectivity index is 1.29. The molecule has 3 saturated carbocycles. The number of nitrogens with zero attached hydrogens (tertiary/aromatic N) is 1. The number of amides is 1. The van der Waals surface area contributed by atoms with Crippen LogP contribution in [-0.4, -0.2) is 40.9 Å². The average molecular weight is 468 g/mol. The monoisotopic (exact) mass is 467 g/mol. The molecular formula is C30H45NO3. The molecule has 5 fully saturated rings. The van der Waals surface area contributed by atoms with Gasteiger partial charge in [-0.05, 0) is 93.3 Å². The van der Waals surface area contributed by atoms with Crippen molar-refractivity contribution in [3.8, 4) is 0 Å². The van der Waals surface area contributed by atoms with Crippen LogP contribution in [0.3, 0.4) is 0 Å². The molecule has 10 atom stereocenters. The van der Waals surface area contributed by atoms with Crippen molar-refractivity contribution in [1.29, 1.82) is 0 Å². The summed E-state index contributed by atoms with van der Waals surface area (Å²) in [5.74, 6) is 4.50. The molecule has 6 rings (SSSR count). The zero-order valence-corrected chi connectivity index (χ0v) is 22.1. The van der Waals surface area contributed by atoms with Crippen LogP contribution in [0, 0.1) is 40.9 Å². The summed E-state index contributed by atoms with van der Waals surface area (Å²) in [5.41, 5.74) is 3.60. The van der Waals surface area contributed by atoms with Gasteiger partial charge in [-0.2, -0.15) is 0 Å². The number of hydrogen-bond acceptors (Lipinski definition) is 3. The second-order valence-corrected chi connectivity index (χ2v) is 13.6. The zero-order chi connectivity index (χ0) is 24.0. The van der Waals surface area contributed by atoms with Gasteiger partial charge in [0.15, 0.2) is 0 Å². The second kappa shape index (κ2) is 7.92. The van der Waals surface area contributed by atoms with Crippen molar-refractivity contribution < 1.29 is 14.3 Å². The van der Waals surface area contributed by atoms with Crippen LogP contribution in [-0.2, 0) is 14.3 Å². The normalized spacial score (nSPS) is 50.5. The molecule has 2 heterocycles. The summed E-state index contributed by atoms with van der Waals surface area (Å²) >= 11 is 0. The highest BCUT2D eigenvalue weighted by molar-refractivity contribution is 5.79. The predicted molar refractivity (Wildman–Crippen MR) is 133 cm³/mol. The molecule has 1 amide bonds. The van der Waals surface area contributed by atoms with Crippen molar-refractivity contribution in [2.75, 3.05) is 6.54 Å². The highest BCUT2D eigenvalue weighted by atomic mass is 16.5. The molecule has 1 spiro atoms. The lowest BCUT2D eigenvalue weighted by Crippen LogP contribution is -2.53.